The van der Waals surface area contributed by atoms with Gasteiger partial charge in [-0.05, 0) is 67.8 Å². The standard InChI is InChI=1S/C26H28BrNO2/c1-4-6-22-15-21(17-28-24-13-7-19(3)8-14-24)16-25(29-5-2)26(22)30-18-20-9-11-23(27)12-10-20/h4,7-16,28H,1,5-6,17-18H2,2-3H3. The van der Waals surface area contributed by atoms with Crippen molar-refractivity contribution in [3.8, 4) is 11.5 Å². The van der Waals surface area contributed by atoms with Gasteiger partial charge in [0.1, 0.15) is 6.61 Å². The van der Waals surface area contributed by atoms with E-state index in [1.807, 2.05) is 25.1 Å². The third-order valence-corrected chi connectivity index (χ3v) is 5.23. The second-order valence-corrected chi connectivity index (χ2v) is 8.06. The number of aryl methyl sites for hydroxylation is 1. The van der Waals surface area contributed by atoms with Crippen molar-refractivity contribution in [3.05, 3.63) is 100 Å². The predicted molar refractivity (Wildman–Crippen MR) is 128 cm³/mol. The fourth-order valence-electron chi connectivity index (χ4n) is 3.17. The van der Waals surface area contributed by atoms with Gasteiger partial charge < -0.3 is 14.8 Å². The Labute approximate surface area is 187 Å². The number of allylic oxidation sites excluding steroid dienone is 1. The second-order valence-electron chi connectivity index (χ2n) is 7.14. The Morgan fingerprint density at radius 1 is 0.967 bits per heavy atom. The molecule has 0 aliphatic rings. The lowest BCUT2D eigenvalue weighted by atomic mass is 10.0. The Hall–Kier alpha value is -2.72. The molecule has 0 saturated carbocycles. The first kappa shape index (κ1) is 22.0. The summed E-state index contributed by atoms with van der Waals surface area (Å²) in [6.45, 7) is 9.77. The van der Waals surface area contributed by atoms with Crippen LogP contribution in [0, 0.1) is 6.92 Å². The highest BCUT2D eigenvalue weighted by atomic mass is 79.9. The molecule has 156 valence electrons. The number of benzene rings is 3. The monoisotopic (exact) mass is 465 g/mol. The van der Waals surface area contributed by atoms with Crippen LogP contribution in [-0.4, -0.2) is 6.61 Å². The summed E-state index contributed by atoms with van der Waals surface area (Å²) in [6.07, 6.45) is 2.61. The summed E-state index contributed by atoms with van der Waals surface area (Å²) in [7, 11) is 0. The topological polar surface area (TPSA) is 30.5 Å². The minimum atomic E-state index is 0.485. The van der Waals surface area contributed by atoms with Crippen LogP contribution in [0.5, 0.6) is 11.5 Å². The summed E-state index contributed by atoms with van der Waals surface area (Å²) in [5.74, 6) is 1.56. The summed E-state index contributed by atoms with van der Waals surface area (Å²) in [5, 5.41) is 3.48. The van der Waals surface area contributed by atoms with Crippen LogP contribution >= 0.6 is 15.9 Å². The van der Waals surface area contributed by atoms with Crippen LogP contribution in [-0.2, 0) is 19.6 Å². The van der Waals surface area contributed by atoms with Crippen LogP contribution in [0.25, 0.3) is 0 Å². The maximum Gasteiger partial charge on any atom is 0.165 e. The van der Waals surface area contributed by atoms with Crippen molar-refractivity contribution < 1.29 is 9.47 Å². The van der Waals surface area contributed by atoms with E-state index in [2.05, 4.69) is 83.3 Å². The normalized spacial score (nSPS) is 10.5. The number of anilines is 1. The van der Waals surface area contributed by atoms with Crippen LogP contribution in [0.1, 0.15) is 29.2 Å². The highest BCUT2D eigenvalue weighted by Gasteiger charge is 2.14. The minimum Gasteiger partial charge on any atom is -0.490 e. The Morgan fingerprint density at radius 3 is 2.37 bits per heavy atom. The molecule has 0 aliphatic carbocycles. The second kappa shape index (κ2) is 10.9. The average Bonchev–Trinajstić information content (AvgIpc) is 2.74. The van der Waals surface area contributed by atoms with Gasteiger partial charge in [-0.25, -0.2) is 0 Å². The number of rotatable bonds is 10. The van der Waals surface area contributed by atoms with Crippen molar-refractivity contribution in [2.45, 2.75) is 33.4 Å². The molecular weight excluding hydrogens is 438 g/mol. The molecule has 0 radical (unpaired) electrons. The molecule has 3 aromatic carbocycles. The molecular formula is C26H28BrNO2. The maximum atomic E-state index is 6.22. The molecule has 3 nitrogen and oxygen atoms in total. The molecule has 0 unspecified atom stereocenters. The molecule has 0 saturated heterocycles. The number of hydrogen-bond donors (Lipinski definition) is 1. The number of ether oxygens (including phenoxy) is 2. The van der Waals surface area contributed by atoms with Gasteiger partial charge in [-0.1, -0.05) is 51.8 Å². The number of halogens is 1. The van der Waals surface area contributed by atoms with Crippen molar-refractivity contribution in [1.29, 1.82) is 0 Å². The van der Waals surface area contributed by atoms with Gasteiger partial charge in [0.25, 0.3) is 0 Å². The lowest BCUT2D eigenvalue weighted by Gasteiger charge is -2.18. The van der Waals surface area contributed by atoms with Gasteiger partial charge in [0.15, 0.2) is 11.5 Å². The SMILES string of the molecule is C=CCc1cc(CNc2ccc(C)cc2)cc(OCC)c1OCc1ccc(Br)cc1. The highest BCUT2D eigenvalue weighted by molar-refractivity contribution is 9.10. The molecule has 0 amide bonds. The van der Waals surface area contributed by atoms with Crippen LogP contribution in [0.2, 0.25) is 0 Å². The average molecular weight is 466 g/mol. The summed E-state index contributed by atoms with van der Waals surface area (Å²) in [6, 6.07) is 20.8. The number of nitrogens with one attached hydrogen (secondary N) is 1. The molecule has 0 bridgehead atoms. The Morgan fingerprint density at radius 2 is 1.70 bits per heavy atom. The molecule has 3 aromatic rings. The molecule has 0 heterocycles. The van der Waals surface area contributed by atoms with Crippen LogP contribution in [0.4, 0.5) is 5.69 Å². The lowest BCUT2D eigenvalue weighted by Crippen LogP contribution is -2.06. The highest BCUT2D eigenvalue weighted by Crippen LogP contribution is 2.35. The fraction of sp³-hybridized carbons (Fsp3) is 0.231. The molecule has 0 aliphatic heterocycles. The van der Waals surface area contributed by atoms with Gasteiger partial charge in [-0.2, -0.15) is 0 Å². The molecule has 30 heavy (non-hydrogen) atoms. The third-order valence-electron chi connectivity index (χ3n) is 4.70. The zero-order valence-electron chi connectivity index (χ0n) is 17.6. The van der Waals surface area contributed by atoms with Crippen molar-refractivity contribution >= 4 is 21.6 Å². The van der Waals surface area contributed by atoms with Crippen LogP contribution in [0.3, 0.4) is 0 Å². The van der Waals surface area contributed by atoms with Crippen molar-refractivity contribution in [2.24, 2.45) is 0 Å². The molecule has 0 atom stereocenters. The van der Waals surface area contributed by atoms with E-state index < -0.39 is 0 Å². The molecule has 3 rings (SSSR count). The van der Waals surface area contributed by atoms with Crippen molar-refractivity contribution in [3.63, 3.8) is 0 Å². The van der Waals surface area contributed by atoms with Gasteiger partial charge >= 0.3 is 0 Å². The van der Waals surface area contributed by atoms with E-state index in [4.69, 9.17) is 9.47 Å². The van der Waals surface area contributed by atoms with Gasteiger partial charge in [-0.3, -0.25) is 0 Å². The summed E-state index contributed by atoms with van der Waals surface area (Å²) < 4.78 is 13.2. The van der Waals surface area contributed by atoms with E-state index >= 15 is 0 Å². The fourth-order valence-corrected chi connectivity index (χ4v) is 3.43. The first-order valence-corrected chi connectivity index (χ1v) is 11.0. The zero-order valence-corrected chi connectivity index (χ0v) is 19.2. The van der Waals surface area contributed by atoms with Crippen molar-refractivity contribution in [2.75, 3.05) is 11.9 Å². The summed E-state index contributed by atoms with van der Waals surface area (Å²) >= 11 is 3.47. The summed E-state index contributed by atoms with van der Waals surface area (Å²) in [5.41, 5.74) is 5.68. The Kier molecular flexibility index (Phi) is 7.97. The summed E-state index contributed by atoms with van der Waals surface area (Å²) in [4.78, 5) is 0. The largest absolute Gasteiger partial charge is 0.490 e. The van der Waals surface area contributed by atoms with E-state index in [1.54, 1.807) is 0 Å². The van der Waals surface area contributed by atoms with E-state index in [0.29, 0.717) is 26.2 Å². The van der Waals surface area contributed by atoms with E-state index in [0.717, 1.165) is 38.3 Å². The van der Waals surface area contributed by atoms with Crippen LogP contribution < -0.4 is 14.8 Å². The molecule has 1 N–H and O–H groups in total. The van der Waals surface area contributed by atoms with E-state index in [9.17, 15) is 0 Å². The van der Waals surface area contributed by atoms with Gasteiger partial charge in [0.2, 0.25) is 0 Å². The first-order valence-electron chi connectivity index (χ1n) is 10.2. The maximum absolute atomic E-state index is 6.22. The first-order chi connectivity index (χ1) is 14.6. The predicted octanol–water partition coefficient (Wildman–Crippen LogP) is 7.08. The molecule has 4 heteroatoms. The molecule has 0 fully saturated rings. The lowest BCUT2D eigenvalue weighted by molar-refractivity contribution is 0.267. The van der Waals surface area contributed by atoms with Gasteiger partial charge in [0.05, 0.1) is 6.61 Å². The quantitative estimate of drug-likeness (QED) is 0.324. The van der Waals surface area contributed by atoms with Gasteiger partial charge in [0, 0.05) is 22.3 Å². The minimum absolute atomic E-state index is 0.485. The number of hydrogen-bond acceptors (Lipinski definition) is 3. The van der Waals surface area contributed by atoms with E-state index in [1.165, 1.54) is 5.56 Å². The van der Waals surface area contributed by atoms with Crippen LogP contribution in [0.15, 0.2) is 77.8 Å². The third kappa shape index (κ3) is 6.14. The molecule has 0 spiro atoms. The Balaban J connectivity index is 1.81. The molecule has 0 aromatic heterocycles. The van der Waals surface area contributed by atoms with E-state index in [-0.39, 0.29) is 0 Å². The van der Waals surface area contributed by atoms with Gasteiger partial charge in [-0.15, -0.1) is 6.58 Å². The Bertz CT molecular complexity index is 966. The van der Waals surface area contributed by atoms with Crippen molar-refractivity contribution in [1.82, 2.24) is 0 Å². The smallest absolute Gasteiger partial charge is 0.165 e. The zero-order chi connectivity index (χ0) is 21.3.